The van der Waals surface area contributed by atoms with Gasteiger partial charge >= 0.3 is 18.0 Å². The SMILES string of the molecule is Cc1[nH]c(/C=C2\C(=O)Nc3cc(NC(=O)N4CCN(c5ccc(CO)cc5F)C4=O)ccc32)c(C)c1C(=O)O. The van der Waals surface area contributed by atoms with Crippen LogP contribution in [0, 0.1) is 19.7 Å². The lowest BCUT2D eigenvalue weighted by Gasteiger charge is -2.19. The highest BCUT2D eigenvalue weighted by atomic mass is 19.1. The molecule has 0 aliphatic carbocycles. The van der Waals surface area contributed by atoms with Crippen LogP contribution in [0.2, 0.25) is 0 Å². The standard InChI is InChI=1S/C27H24FN5O6/c1-13-20(29-14(2)23(13)25(36)37)11-18-17-5-4-16(10-21(17)31-24(18)35)30-26(38)33-8-7-32(27(33)39)22-6-3-15(12-34)9-19(22)28/h3-6,9-11,29,34H,7-8,12H2,1-2H3,(H,30,38)(H,31,35)(H,36,37)/b18-11-. The first-order valence-corrected chi connectivity index (χ1v) is 12.0. The summed E-state index contributed by atoms with van der Waals surface area (Å²) < 4.78 is 14.5. The van der Waals surface area contributed by atoms with Crippen LogP contribution >= 0.6 is 0 Å². The largest absolute Gasteiger partial charge is 0.478 e. The van der Waals surface area contributed by atoms with E-state index in [1.54, 1.807) is 38.1 Å². The number of H-pyrrole nitrogens is 1. The van der Waals surface area contributed by atoms with E-state index < -0.39 is 29.8 Å². The first-order chi connectivity index (χ1) is 18.6. The molecule has 11 nitrogen and oxygen atoms in total. The number of aromatic carboxylic acids is 1. The van der Waals surface area contributed by atoms with Gasteiger partial charge in [0.1, 0.15) is 5.82 Å². The minimum absolute atomic E-state index is 0.00929. The molecule has 12 heteroatoms. The summed E-state index contributed by atoms with van der Waals surface area (Å²) in [4.78, 5) is 55.0. The van der Waals surface area contributed by atoms with Crippen LogP contribution < -0.4 is 15.5 Å². The summed E-state index contributed by atoms with van der Waals surface area (Å²) in [5.74, 6) is -2.14. The van der Waals surface area contributed by atoms with Gasteiger partial charge < -0.3 is 25.8 Å². The molecule has 0 bridgehead atoms. The Hall–Kier alpha value is -4.97. The molecule has 0 radical (unpaired) electrons. The molecule has 200 valence electrons. The molecule has 2 aromatic carbocycles. The normalized spacial score (nSPS) is 15.6. The highest BCUT2D eigenvalue weighted by molar-refractivity contribution is 6.35. The van der Waals surface area contributed by atoms with Gasteiger partial charge in [-0.05, 0) is 55.3 Å². The fourth-order valence-electron chi connectivity index (χ4n) is 4.81. The van der Waals surface area contributed by atoms with Crippen LogP contribution in [0.25, 0.3) is 11.6 Å². The summed E-state index contributed by atoms with van der Waals surface area (Å²) in [5, 5.41) is 24.0. The molecule has 3 heterocycles. The first kappa shape index (κ1) is 25.7. The van der Waals surface area contributed by atoms with E-state index in [0.717, 1.165) is 15.9 Å². The number of fused-ring (bicyclic) bond motifs is 1. The fourth-order valence-corrected chi connectivity index (χ4v) is 4.81. The van der Waals surface area contributed by atoms with E-state index in [1.165, 1.54) is 12.1 Å². The second-order valence-corrected chi connectivity index (χ2v) is 9.20. The Labute approximate surface area is 221 Å². The Morgan fingerprint density at radius 2 is 1.90 bits per heavy atom. The van der Waals surface area contributed by atoms with E-state index in [1.807, 2.05) is 0 Å². The van der Waals surface area contributed by atoms with Crippen LogP contribution in [0.5, 0.6) is 0 Å². The number of hydrogen-bond donors (Lipinski definition) is 5. The molecule has 39 heavy (non-hydrogen) atoms. The van der Waals surface area contributed by atoms with Crippen LogP contribution in [-0.2, 0) is 11.4 Å². The van der Waals surface area contributed by atoms with Crippen molar-refractivity contribution in [2.75, 3.05) is 28.6 Å². The quantitative estimate of drug-likeness (QED) is 0.313. The zero-order chi connectivity index (χ0) is 28.0. The van der Waals surface area contributed by atoms with Gasteiger partial charge in [-0.1, -0.05) is 12.1 Å². The van der Waals surface area contributed by atoms with E-state index in [4.69, 9.17) is 5.11 Å². The van der Waals surface area contributed by atoms with E-state index in [9.17, 15) is 28.7 Å². The number of rotatable bonds is 5. The number of aromatic amines is 1. The van der Waals surface area contributed by atoms with E-state index in [2.05, 4.69) is 15.6 Å². The van der Waals surface area contributed by atoms with Crippen molar-refractivity contribution < 1.29 is 33.8 Å². The number of urea groups is 2. The Bertz CT molecular complexity index is 1590. The topological polar surface area (TPSA) is 155 Å². The Morgan fingerprint density at radius 3 is 2.56 bits per heavy atom. The number of hydrogen-bond acceptors (Lipinski definition) is 5. The zero-order valence-electron chi connectivity index (χ0n) is 21.0. The highest BCUT2D eigenvalue weighted by Gasteiger charge is 2.35. The van der Waals surface area contributed by atoms with Gasteiger partial charge in [0.2, 0.25) is 0 Å². The Balaban J connectivity index is 1.33. The summed E-state index contributed by atoms with van der Waals surface area (Å²) in [6, 6.07) is 7.36. The third-order valence-electron chi connectivity index (χ3n) is 6.77. The molecule has 5 N–H and O–H groups in total. The number of nitrogens with zero attached hydrogens (tertiary/aromatic N) is 2. The number of carbonyl (C=O) groups is 4. The van der Waals surface area contributed by atoms with Crippen LogP contribution in [0.3, 0.4) is 0 Å². The number of halogens is 1. The van der Waals surface area contributed by atoms with Gasteiger partial charge in [0.15, 0.2) is 0 Å². The van der Waals surface area contributed by atoms with Gasteiger partial charge in [0.25, 0.3) is 5.91 Å². The van der Waals surface area contributed by atoms with Crippen LogP contribution in [-0.4, -0.2) is 57.1 Å². The Kier molecular flexibility index (Phi) is 6.40. The molecule has 1 fully saturated rings. The number of aliphatic hydroxyl groups is 1. The fraction of sp³-hybridized carbons (Fsp3) is 0.185. The maximum absolute atomic E-state index is 14.5. The number of benzene rings is 2. The van der Waals surface area contributed by atoms with Crippen molar-refractivity contribution in [2.45, 2.75) is 20.5 Å². The van der Waals surface area contributed by atoms with Crippen LogP contribution in [0.1, 0.15) is 38.4 Å². The number of aromatic nitrogens is 1. The van der Waals surface area contributed by atoms with Crippen LogP contribution in [0.15, 0.2) is 36.4 Å². The molecule has 2 aliphatic heterocycles. The number of imide groups is 1. The summed E-state index contributed by atoms with van der Waals surface area (Å²) in [7, 11) is 0. The monoisotopic (exact) mass is 533 g/mol. The molecule has 0 saturated carbocycles. The Morgan fingerprint density at radius 1 is 1.13 bits per heavy atom. The molecule has 0 atom stereocenters. The number of carboxylic acid groups (broad SMARTS) is 1. The molecule has 5 amide bonds. The molecule has 0 unspecified atom stereocenters. The lowest BCUT2D eigenvalue weighted by molar-refractivity contribution is -0.110. The van der Waals surface area contributed by atoms with Gasteiger partial charge in [-0.25, -0.2) is 23.7 Å². The lowest BCUT2D eigenvalue weighted by Crippen LogP contribution is -2.39. The zero-order valence-corrected chi connectivity index (χ0v) is 21.0. The van der Waals surface area contributed by atoms with Gasteiger partial charge in [-0.15, -0.1) is 0 Å². The van der Waals surface area contributed by atoms with Gasteiger partial charge in [-0.2, -0.15) is 0 Å². The lowest BCUT2D eigenvalue weighted by atomic mass is 10.0. The van der Waals surface area contributed by atoms with E-state index in [0.29, 0.717) is 45.0 Å². The number of carboxylic acids is 1. The first-order valence-electron chi connectivity index (χ1n) is 12.0. The van der Waals surface area contributed by atoms with Gasteiger partial charge in [-0.3, -0.25) is 9.69 Å². The average molecular weight is 534 g/mol. The van der Waals surface area contributed by atoms with E-state index >= 15 is 0 Å². The van der Waals surface area contributed by atoms with Crippen molar-refractivity contribution in [3.8, 4) is 0 Å². The average Bonchev–Trinajstić information content (AvgIpc) is 3.51. The highest BCUT2D eigenvalue weighted by Crippen LogP contribution is 2.36. The smallest absolute Gasteiger partial charge is 0.337 e. The predicted octanol–water partition coefficient (Wildman–Crippen LogP) is 3.93. The summed E-state index contributed by atoms with van der Waals surface area (Å²) >= 11 is 0. The van der Waals surface area contributed by atoms with Crippen molar-refractivity contribution in [2.24, 2.45) is 0 Å². The molecule has 1 saturated heterocycles. The molecule has 1 aromatic heterocycles. The molecular weight excluding hydrogens is 509 g/mol. The van der Waals surface area contributed by atoms with Crippen molar-refractivity contribution >= 4 is 52.6 Å². The predicted molar refractivity (Wildman–Crippen MR) is 141 cm³/mol. The van der Waals surface area contributed by atoms with E-state index in [-0.39, 0.29) is 30.9 Å². The third-order valence-corrected chi connectivity index (χ3v) is 6.77. The van der Waals surface area contributed by atoms with Crippen molar-refractivity contribution in [1.82, 2.24) is 9.88 Å². The minimum atomic E-state index is -1.06. The second-order valence-electron chi connectivity index (χ2n) is 9.20. The maximum Gasteiger partial charge on any atom is 0.337 e. The van der Waals surface area contributed by atoms with Crippen molar-refractivity contribution in [1.29, 1.82) is 0 Å². The molecule has 2 aliphatic rings. The number of aliphatic hydroxyl groups excluding tert-OH is 1. The van der Waals surface area contributed by atoms with Crippen molar-refractivity contribution in [3.63, 3.8) is 0 Å². The maximum atomic E-state index is 14.5. The minimum Gasteiger partial charge on any atom is -0.478 e. The third kappa shape index (κ3) is 4.50. The number of nitrogens with one attached hydrogen (secondary N) is 3. The number of anilines is 3. The number of amides is 5. The molecular formula is C27H24FN5O6. The molecule has 5 rings (SSSR count). The molecule has 3 aromatic rings. The summed E-state index contributed by atoms with van der Waals surface area (Å²) in [5.41, 5.74) is 3.65. The van der Waals surface area contributed by atoms with Gasteiger partial charge in [0, 0.05) is 29.2 Å². The second kappa shape index (κ2) is 9.72. The van der Waals surface area contributed by atoms with Crippen molar-refractivity contribution in [3.05, 3.63) is 75.9 Å². The van der Waals surface area contributed by atoms with Gasteiger partial charge in [0.05, 0.1) is 35.7 Å². The number of carbonyl (C=O) groups excluding carboxylic acids is 3. The summed E-state index contributed by atoms with van der Waals surface area (Å²) in [6.45, 7) is 3.09. The molecule has 0 spiro atoms. The number of aryl methyl sites for hydroxylation is 1. The summed E-state index contributed by atoms with van der Waals surface area (Å²) in [6.07, 6.45) is 1.58. The van der Waals surface area contributed by atoms with Crippen LogP contribution in [0.4, 0.5) is 31.0 Å².